The molecular weight excluding hydrogens is 260 g/mol. The van der Waals surface area contributed by atoms with Crippen LogP contribution in [0.1, 0.15) is 31.1 Å². The van der Waals surface area contributed by atoms with Crippen LogP contribution in [0.5, 0.6) is 5.75 Å². The van der Waals surface area contributed by atoms with Gasteiger partial charge in [0.15, 0.2) is 6.61 Å². The molecule has 0 bridgehead atoms. The SMILES string of the molecule is CCOc1cccc(N)c1C(=O)OCC(=O)NC(C)C. The summed E-state index contributed by atoms with van der Waals surface area (Å²) < 4.78 is 10.3. The lowest BCUT2D eigenvalue weighted by molar-refractivity contribution is -0.124. The van der Waals surface area contributed by atoms with E-state index in [4.69, 9.17) is 15.2 Å². The second-order valence-corrected chi connectivity index (χ2v) is 4.45. The van der Waals surface area contributed by atoms with E-state index in [1.807, 2.05) is 13.8 Å². The van der Waals surface area contributed by atoms with Crippen molar-refractivity contribution in [1.82, 2.24) is 5.32 Å². The Morgan fingerprint density at radius 2 is 2.05 bits per heavy atom. The maximum Gasteiger partial charge on any atom is 0.344 e. The summed E-state index contributed by atoms with van der Waals surface area (Å²) in [5.41, 5.74) is 6.16. The molecule has 1 aromatic rings. The highest BCUT2D eigenvalue weighted by Gasteiger charge is 2.18. The quantitative estimate of drug-likeness (QED) is 0.606. The lowest BCUT2D eigenvalue weighted by atomic mass is 10.1. The molecule has 6 nitrogen and oxygen atoms in total. The Bertz CT molecular complexity index is 486. The van der Waals surface area contributed by atoms with E-state index in [2.05, 4.69) is 5.32 Å². The highest BCUT2D eigenvalue weighted by molar-refractivity contribution is 5.99. The molecule has 0 aromatic heterocycles. The average Bonchev–Trinajstić information content (AvgIpc) is 2.36. The van der Waals surface area contributed by atoms with Gasteiger partial charge in [-0.3, -0.25) is 4.79 Å². The Labute approximate surface area is 118 Å². The molecule has 6 heteroatoms. The van der Waals surface area contributed by atoms with Crippen molar-refractivity contribution in [2.45, 2.75) is 26.8 Å². The molecule has 110 valence electrons. The standard InChI is InChI=1S/C14H20N2O4/c1-4-19-11-7-5-6-10(15)13(11)14(18)20-8-12(17)16-9(2)3/h5-7,9H,4,8,15H2,1-3H3,(H,16,17). The molecular formula is C14H20N2O4. The molecule has 3 N–H and O–H groups in total. The maximum atomic E-state index is 12.0. The molecule has 1 amide bonds. The largest absolute Gasteiger partial charge is 0.493 e. The van der Waals surface area contributed by atoms with Gasteiger partial charge in [0.2, 0.25) is 0 Å². The molecule has 0 saturated heterocycles. The summed E-state index contributed by atoms with van der Waals surface area (Å²) in [6, 6.07) is 4.88. The number of esters is 1. The maximum absolute atomic E-state index is 12.0. The molecule has 0 aliphatic rings. The third kappa shape index (κ3) is 4.46. The van der Waals surface area contributed by atoms with E-state index in [-0.39, 0.29) is 29.8 Å². The first-order valence-electron chi connectivity index (χ1n) is 6.43. The Balaban J connectivity index is 2.74. The van der Waals surface area contributed by atoms with Crippen LogP contribution in [0.2, 0.25) is 0 Å². The van der Waals surface area contributed by atoms with Gasteiger partial charge in [-0.2, -0.15) is 0 Å². The molecule has 0 aliphatic heterocycles. The minimum atomic E-state index is -0.676. The number of anilines is 1. The first kappa shape index (κ1) is 15.8. The molecule has 0 fully saturated rings. The van der Waals surface area contributed by atoms with Crippen LogP contribution in [0.4, 0.5) is 5.69 Å². The number of carbonyl (C=O) groups is 2. The van der Waals surface area contributed by atoms with Crippen LogP contribution >= 0.6 is 0 Å². The first-order chi connectivity index (χ1) is 9.45. The van der Waals surface area contributed by atoms with Crippen LogP contribution in [0, 0.1) is 0 Å². The number of amides is 1. The molecule has 1 rings (SSSR count). The van der Waals surface area contributed by atoms with E-state index >= 15 is 0 Å². The zero-order valence-electron chi connectivity index (χ0n) is 11.9. The minimum Gasteiger partial charge on any atom is -0.493 e. The van der Waals surface area contributed by atoms with Crippen molar-refractivity contribution in [1.29, 1.82) is 0 Å². The number of carbonyl (C=O) groups excluding carboxylic acids is 2. The molecule has 20 heavy (non-hydrogen) atoms. The molecule has 0 unspecified atom stereocenters. The van der Waals surface area contributed by atoms with Crippen molar-refractivity contribution >= 4 is 17.6 Å². The number of rotatable bonds is 6. The number of nitrogens with one attached hydrogen (secondary N) is 1. The van der Waals surface area contributed by atoms with Gasteiger partial charge in [0.1, 0.15) is 11.3 Å². The summed E-state index contributed by atoms with van der Waals surface area (Å²) in [6.07, 6.45) is 0. The summed E-state index contributed by atoms with van der Waals surface area (Å²) in [5.74, 6) is -0.687. The topological polar surface area (TPSA) is 90.7 Å². The number of hydrogen-bond acceptors (Lipinski definition) is 5. The number of benzene rings is 1. The fourth-order valence-corrected chi connectivity index (χ4v) is 1.61. The predicted molar refractivity (Wildman–Crippen MR) is 75.6 cm³/mol. The van der Waals surface area contributed by atoms with E-state index < -0.39 is 5.97 Å². The molecule has 0 aliphatic carbocycles. The lowest BCUT2D eigenvalue weighted by Crippen LogP contribution is -2.34. The molecule has 0 atom stereocenters. The zero-order chi connectivity index (χ0) is 15.1. The van der Waals surface area contributed by atoms with E-state index in [0.717, 1.165) is 0 Å². The van der Waals surface area contributed by atoms with Gasteiger partial charge in [0.25, 0.3) is 5.91 Å². The highest BCUT2D eigenvalue weighted by Crippen LogP contribution is 2.25. The van der Waals surface area contributed by atoms with E-state index in [0.29, 0.717) is 12.4 Å². The average molecular weight is 280 g/mol. The van der Waals surface area contributed by atoms with Crippen molar-refractivity contribution < 1.29 is 19.1 Å². The summed E-state index contributed by atoms with van der Waals surface area (Å²) in [6.45, 7) is 5.49. The number of hydrogen-bond donors (Lipinski definition) is 2. The van der Waals surface area contributed by atoms with Crippen LogP contribution in [-0.4, -0.2) is 31.1 Å². The van der Waals surface area contributed by atoms with Crippen molar-refractivity contribution in [2.24, 2.45) is 0 Å². The zero-order valence-corrected chi connectivity index (χ0v) is 11.9. The van der Waals surface area contributed by atoms with Crippen LogP contribution in [0.3, 0.4) is 0 Å². The predicted octanol–water partition coefficient (Wildman–Crippen LogP) is 1.35. The summed E-state index contributed by atoms with van der Waals surface area (Å²) >= 11 is 0. The third-order valence-corrected chi connectivity index (χ3v) is 2.35. The molecule has 0 radical (unpaired) electrons. The number of nitrogens with two attached hydrogens (primary N) is 1. The Morgan fingerprint density at radius 3 is 2.65 bits per heavy atom. The second kappa shape index (κ2) is 7.37. The van der Waals surface area contributed by atoms with Crippen LogP contribution < -0.4 is 15.8 Å². The fraction of sp³-hybridized carbons (Fsp3) is 0.429. The third-order valence-electron chi connectivity index (χ3n) is 2.35. The Morgan fingerprint density at radius 1 is 1.35 bits per heavy atom. The van der Waals surface area contributed by atoms with E-state index in [9.17, 15) is 9.59 Å². The van der Waals surface area contributed by atoms with Crippen LogP contribution in [-0.2, 0) is 9.53 Å². The van der Waals surface area contributed by atoms with Gasteiger partial charge in [-0.15, -0.1) is 0 Å². The summed E-state index contributed by atoms with van der Waals surface area (Å²) in [5, 5.41) is 2.63. The van der Waals surface area contributed by atoms with Gasteiger partial charge in [0.05, 0.1) is 6.61 Å². The highest BCUT2D eigenvalue weighted by atomic mass is 16.5. The Kier molecular flexibility index (Phi) is 5.83. The van der Waals surface area contributed by atoms with Gasteiger partial charge in [-0.1, -0.05) is 6.07 Å². The van der Waals surface area contributed by atoms with Gasteiger partial charge in [0, 0.05) is 11.7 Å². The number of ether oxygens (including phenoxy) is 2. The number of nitrogen functional groups attached to an aromatic ring is 1. The van der Waals surface area contributed by atoms with Gasteiger partial charge < -0.3 is 20.5 Å². The van der Waals surface area contributed by atoms with Crippen molar-refractivity contribution in [3.63, 3.8) is 0 Å². The van der Waals surface area contributed by atoms with E-state index in [1.54, 1.807) is 25.1 Å². The lowest BCUT2D eigenvalue weighted by Gasteiger charge is -2.12. The first-order valence-corrected chi connectivity index (χ1v) is 6.43. The molecule has 0 spiro atoms. The van der Waals surface area contributed by atoms with Crippen molar-refractivity contribution in [2.75, 3.05) is 18.9 Å². The smallest absolute Gasteiger partial charge is 0.344 e. The fourth-order valence-electron chi connectivity index (χ4n) is 1.61. The molecule has 1 aromatic carbocycles. The van der Waals surface area contributed by atoms with Gasteiger partial charge in [-0.25, -0.2) is 4.79 Å². The van der Waals surface area contributed by atoms with Crippen LogP contribution in [0.15, 0.2) is 18.2 Å². The summed E-state index contributed by atoms with van der Waals surface area (Å²) in [4.78, 5) is 23.4. The Hall–Kier alpha value is -2.24. The molecule has 0 heterocycles. The van der Waals surface area contributed by atoms with Gasteiger partial charge in [-0.05, 0) is 32.9 Å². The van der Waals surface area contributed by atoms with Crippen molar-refractivity contribution in [3.8, 4) is 5.75 Å². The normalized spacial score (nSPS) is 10.2. The van der Waals surface area contributed by atoms with Gasteiger partial charge >= 0.3 is 5.97 Å². The van der Waals surface area contributed by atoms with Crippen LogP contribution in [0.25, 0.3) is 0 Å². The van der Waals surface area contributed by atoms with E-state index in [1.165, 1.54) is 0 Å². The summed E-state index contributed by atoms with van der Waals surface area (Å²) in [7, 11) is 0. The second-order valence-electron chi connectivity index (χ2n) is 4.45. The van der Waals surface area contributed by atoms with Crippen molar-refractivity contribution in [3.05, 3.63) is 23.8 Å². The monoisotopic (exact) mass is 280 g/mol. The minimum absolute atomic E-state index is 0.0121. The molecule has 0 saturated carbocycles.